The van der Waals surface area contributed by atoms with Gasteiger partial charge in [0, 0.05) is 13.2 Å². The zero-order valence-corrected chi connectivity index (χ0v) is 17.8. The first-order chi connectivity index (χ1) is 13.1. The van der Waals surface area contributed by atoms with Crippen LogP contribution in [0.1, 0.15) is 42.9 Å². The zero-order valence-electron chi connectivity index (χ0n) is 16.3. The van der Waals surface area contributed by atoms with Gasteiger partial charge >= 0.3 is 0 Å². The average Bonchev–Trinajstić information content (AvgIpc) is 2.65. The van der Waals surface area contributed by atoms with E-state index in [4.69, 9.17) is 14.6 Å². The Bertz CT molecular complexity index is 689. The Kier molecular flexibility index (Phi) is 9.67. The van der Waals surface area contributed by atoms with E-state index in [1.165, 1.54) is 5.56 Å². The van der Waals surface area contributed by atoms with Crippen LogP contribution in [0.3, 0.4) is 0 Å². The molecule has 0 saturated carbocycles. The fourth-order valence-electron chi connectivity index (χ4n) is 2.74. The highest BCUT2D eigenvalue weighted by Gasteiger charge is 2.12. The number of rotatable bonds is 12. The molecule has 0 aromatic heterocycles. The predicted octanol–water partition coefficient (Wildman–Crippen LogP) is 4.99. The minimum Gasteiger partial charge on any atom is -0.490 e. The van der Waals surface area contributed by atoms with E-state index in [-0.39, 0.29) is 6.61 Å². The molecule has 4 nitrogen and oxygen atoms in total. The summed E-state index contributed by atoms with van der Waals surface area (Å²) in [6.45, 7) is 7.13. The summed E-state index contributed by atoms with van der Waals surface area (Å²) in [5.41, 5.74) is 3.52. The summed E-state index contributed by atoms with van der Waals surface area (Å²) < 4.78 is 12.8. The molecule has 0 saturated heterocycles. The standard InChI is InChI=1S/C22H30BrNO3/c1-3-26-21-14-19(15-24-11-5-4-6-12-25)13-20(23)22(21)27-16-18-9-7-17(2)8-10-18/h7-10,13-14,24-25H,3-6,11-12,15-16H2,1-2H3. The Balaban J connectivity index is 1.98. The average molecular weight is 436 g/mol. The molecule has 27 heavy (non-hydrogen) atoms. The van der Waals surface area contributed by atoms with Crippen LogP contribution in [-0.4, -0.2) is 24.9 Å². The lowest BCUT2D eigenvalue weighted by Gasteiger charge is -2.16. The highest BCUT2D eigenvalue weighted by atomic mass is 79.9. The van der Waals surface area contributed by atoms with Crippen LogP contribution in [-0.2, 0) is 13.2 Å². The van der Waals surface area contributed by atoms with Crippen molar-refractivity contribution in [2.24, 2.45) is 0 Å². The van der Waals surface area contributed by atoms with Crippen molar-refractivity contribution >= 4 is 15.9 Å². The topological polar surface area (TPSA) is 50.7 Å². The Morgan fingerprint density at radius 1 is 1.00 bits per heavy atom. The molecule has 148 valence electrons. The second-order valence-electron chi connectivity index (χ2n) is 6.57. The number of halogens is 1. The monoisotopic (exact) mass is 435 g/mol. The van der Waals surface area contributed by atoms with Crippen molar-refractivity contribution in [3.63, 3.8) is 0 Å². The summed E-state index contributed by atoms with van der Waals surface area (Å²) in [5, 5.41) is 12.3. The van der Waals surface area contributed by atoms with E-state index in [2.05, 4.69) is 58.5 Å². The molecule has 0 spiro atoms. The summed E-state index contributed by atoms with van der Waals surface area (Å²) >= 11 is 3.64. The highest BCUT2D eigenvalue weighted by Crippen LogP contribution is 2.37. The van der Waals surface area contributed by atoms with Crippen LogP contribution in [0.25, 0.3) is 0 Å². The summed E-state index contributed by atoms with van der Waals surface area (Å²) in [6.07, 6.45) is 2.98. The third kappa shape index (κ3) is 7.53. The Hall–Kier alpha value is -1.56. The van der Waals surface area contributed by atoms with Crippen LogP contribution in [0.15, 0.2) is 40.9 Å². The zero-order chi connectivity index (χ0) is 19.5. The van der Waals surface area contributed by atoms with Crippen LogP contribution in [0.4, 0.5) is 0 Å². The van der Waals surface area contributed by atoms with Gasteiger partial charge in [0.25, 0.3) is 0 Å². The molecular weight excluding hydrogens is 406 g/mol. The first kappa shape index (κ1) is 21.7. The van der Waals surface area contributed by atoms with Crippen molar-refractivity contribution in [3.05, 3.63) is 57.6 Å². The number of aliphatic hydroxyl groups excluding tert-OH is 1. The van der Waals surface area contributed by atoms with Gasteiger partial charge in [-0.3, -0.25) is 0 Å². The molecule has 5 heteroatoms. The van der Waals surface area contributed by atoms with Crippen molar-refractivity contribution in [3.8, 4) is 11.5 Å². The van der Waals surface area contributed by atoms with E-state index in [0.29, 0.717) is 13.2 Å². The van der Waals surface area contributed by atoms with Gasteiger partial charge in [-0.2, -0.15) is 0 Å². The van der Waals surface area contributed by atoms with Gasteiger partial charge < -0.3 is 19.9 Å². The molecule has 2 aromatic rings. The first-order valence-electron chi connectivity index (χ1n) is 9.59. The molecule has 2 N–H and O–H groups in total. The molecular formula is C22H30BrNO3. The van der Waals surface area contributed by atoms with Crippen molar-refractivity contribution in [2.75, 3.05) is 19.8 Å². The van der Waals surface area contributed by atoms with E-state index >= 15 is 0 Å². The second-order valence-corrected chi connectivity index (χ2v) is 7.43. The Morgan fingerprint density at radius 3 is 2.48 bits per heavy atom. The van der Waals surface area contributed by atoms with Gasteiger partial charge in [0.05, 0.1) is 11.1 Å². The van der Waals surface area contributed by atoms with Crippen LogP contribution >= 0.6 is 15.9 Å². The molecule has 0 fully saturated rings. The van der Waals surface area contributed by atoms with Gasteiger partial charge in [-0.25, -0.2) is 0 Å². The predicted molar refractivity (Wildman–Crippen MR) is 113 cm³/mol. The van der Waals surface area contributed by atoms with Crippen molar-refractivity contribution in [1.82, 2.24) is 5.32 Å². The lowest BCUT2D eigenvalue weighted by molar-refractivity contribution is 0.267. The maximum absolute atomic E-state index is 8.82. The van der Waals surface area contributed by atoms with Crippen molar-refractivity contribution < 1.29 is 14.6 Å². The summed E-state index contributed by atoms with van der Waals surface area (Å²) in [6, 6.07) is 12.5. The summed E-state index contributed by atoms with van der Waals surface area (Å²) in [4.78, 5) is 0. The lowest BCUT2D eigenvalue weighted by Crippen LogP contribution is -2.15. The van der Waals surface area contributed by atoms with Crippen LogP contribution in [0.5, 0.6) is 11.5 Å². The van der Waals surface area contributed by atoms with Gasteiger partial charge in [-0.1, -0.05) is 29.8 Å². The third-order valence-corrected chi connectivity index (χ3v) is 4.80. The molecule has 0 radical (unpaired) electrons. The largest absolute Gasteiger partial charge is 0.490 e. The maximum Gasteiger partial charge on any atom is 0.175 e. The third-order valence-electron chi connectivity index (χ3n) is 4.21. The van der Waals surface area contributed by atoms with E-state index < -0.39 is 0 Å². The molecule has 0 aliphatic carbocycles. The minimum absolute atomic E-state index is 0.273. The molecule has 2 aromatic carbocycles. The highest BCUT2D eigenvalue weighted by molar-refractivity contribution is 9.10. The second kappa shape index (κ2) is 12.0. The van der Waals surface area contributed by atoms with E-state index in [1.54, 1.807) is 0 Å². The number of aliphatic hydroxyl groups is 1. The van der Waals surface area contributed by atoms with Gasteiger partial charge in [0.2, 0.25) is 0 Å². The SMILES string of the molecule is CCOc1cc(CNCCCCCO)cc(Br)c1OCc1ccc(C)cc1. The molecule has 2 rings (SSSR count). The van der Waals surface area contributed by atoms with Crippen LogP contribution < -0.4 is 14.8 Å². The molecule has 0 amide bonds. The van der Waals surface area contributed by atoms with E-state index in [1.807, 2.05) is 13.0 Å². The molecule has 0 bridgehead atoms. The van der Waals surface area contributed by atoms with Crippen molar-refractivity contribution in [2.45, 2.75) is 46.3 Å². The number of nitrogens with one attached hydrogen (secondary N) is 1. The van der Waals surface area contributed by atoms with Crippen LogP contribution in [0.2, 0.25) is 0 Å². The maximum atomic E-state index is 8.82. The Labute approximate surface area is 171 Å². The molecule has 0 aliphatic rings. The summed E-state index contributed by atoms with van der Waals surface area (Å²) in [5.74, 6) is 1.50. The first-order valence-corrected chi connectivity index (χ1v) is 10.4. The normalized spacial score (nSPS) is 10.8. The van der Waals surface area contributed by atoms with Gasteiger partial charge in [0.15, 0.2) is 11.5 Å². The number of hydrogen-bond acceptors (Lipinski definition) is 4. The lowest BCUT2D eigenvalue weighted by atomic mass is 10.1. The van der Waals surface area contributed by atoms with Gasteiger partial charge in [-0.05, 0) is 78.8 Å². The van der Waals surface area contributed by atoms with Crippen LogP contribution in [0, 0.1) is 6.92 Å². The molecule has 0 atom stereocenters. The fourth-order valence-corrected chi connectivity index (χ4v) is 3.34. The number of hydrogen-bond donors (Lipinski definition) is 2. The number of benzene rings is 2. The smallest absolute Gasteiger partial charge is 0.175 e. The van der Waals surface area contributed by atoms with Gasteiger partial charge in [-0.15, -0.1) is 0 Å². The molecule has 0 heterocycles. The fraction of sp³-hybridized carbons (Fsp3) is 0.455. The van der Waals surface area contributed by atoms with Crippen molar-refractivity contribution in [1.29, 1.82) is 0 Å². The van der Waals surface area contributed by atoms with E-state index in [0.717, 1.165) is 59.5 Å². The molecule has 0 unspecified atom stereocenters. The quantitative estimate of drug-likeness (QED) is 0.461. The number of unbranched alkanes of at least 4 members (excludes halogenated alkanes) is 2. The molecule has 0 aliphatic heterocycles. The number of ether oxygens (including phenoxy) is 2. The Morgan fingerprint density at radius 2 is 1.78 bits per heavy atom. The van der Waals surface area contributed by atoms with E-state index in [9.17, 15) is 0 Å². The van der Waals surface area contributed by atoms with Gasteiger partial charge in [0.1, 0.15) is 6.61 Å². The number of aryl methyl sites for hydroxylation is 1. The summed E-state index contributed by atoms with van der Waals surface area (Å²) in [7, 11) is 0. The minimum atomic E-state index is 0.273.